The van der Waals surface area contributed by atoms with Crippen molar-refractivity contribution < 1.29 is 0 Å². The number of hydrogen-bond donors (Lipinski definition) is 0. The highest BCUT2D eigenvalue weighted by molar-refractivity contribution is 7.29. The van der Waals surface area contributed by atoms with E-state index in [4.69, 9.17) is 0 Å². The fraction of sp³-hybridized carbons (Fsp3) is 0.0612. The largest absolute Gasteiger partial charge is 0.182 e. The van der Waals surface area contributed by atoms with Crippen molar-refractivity contribution in [1.82, 2.24) is 0 Å². The predicted molar refractivity (Wildman–Crippen MR) is 217 cm³/mol. The Hall–Kier alpha value is -5.76. The van der Waals surface area contributed by atoms with Crippen molar-refractivity contribution >= 4 is 56.8 Å². The lowest BCUT2D eigenvalue weighted by molar-refractivity contribution is 0.771. The molecule has 0 bridgehead atoms. The van der Waals surface area contributed by atoms with E-state index < -0.39 is 8.07 Å². The summed E-state index contributed by atoms with van der Waals surface area (Å²) in [5.74, 6) is 0.506. The van der Waals surface area contributed by atoms with Gasteiger partial charge in [-0.25, -0.2) is 0 Å². The molecule has 7 aromatic carbocycles. The predicted octanol–water partition coefficient (Wildman–Crippen LogP) is 11.2. The van der Waals surface area contributed by atoms with Gasteiger partial charge in [0.25, 0.3) is 0 Å². The zero-order chi connectivity index (χ0) is 33.5. The van der Waals surface area contributed by atoms with Crippen molar-refractivity contribution in [2.75, 3.05) is 0 Å². The molecule has 1 unspecified atom stereocenters. The summed E-state index contributed by atoms with van der Waals surface area (Å²) in [5.41, 5.74) is 10.6. The van der Waals surface area contributed by atoms with Gasteiger partial charge in [0, 0.05) is 0 Å². The lowest BCUT2D eigenvalue weighted by Crippen LogP contribution is -2.59. The fourth-order valence-corrected chi connectivity index (χ4v) is 14.2. The minimum absolute atomic E-state index is 0.506. The molecule has 0 N–H and O–H groups in total. The standard InChI is InChI=1S/C49H38Si/c1-35-17-16-24-40-34-42(31-32-45(35)40)49-47(38-21-8-3-9-22-38)46(37-19-6-2-7-20-37)48(41-30-29-36-18-14-15-23-39(36)33-41)50(49,43-25-10-4-11-26-43)44-27-12-5-13-28-44/h2-16,18-35H,17H2,1H3. The molecule has 238 valence electrons. The molecule has 0 radical (unpaired) electrons. The van der Waals surface area contributed by atoms with E-state index in [2.05, 4.69) is 201 Å². The molecule has 2 aliphatic rings. The lowest BCUT2D eigenvalue weighted by Gasteiger charge is -2.36. The summed E-state index contributed by atoms with van der Waals surface area (Å²) >= 11 is 0. The maximum Gasteiger partial charge on any atom is 0.182 e. The second-order valence-corrected chi connectivity index (χ2v) is 17.3. The van der Waals surface area contributed by atoms with Gasteiger partial charge >= 0.3 is 0 Å². The van der Waals surface area contributed by atoms with Crippen molar-refractivity contribution in [3.63, 3.8) is 0 Å². The summed E-state index contributed by atoms with van der Waals surface area (Å²) in [5, 5.41) is 8.21. The third kappa shape index (κ3) is 4.89. The van der Waals surface area contributed by atoms with Crippen LogP contribution in [0.1, 0.15) is 52.6 Å². The first-order valence-corrected chi connectivity index (χ1v) is 19.8. The second-order valence-electron chi connectivity index (χ2n) is 13.7. The van der Waals surface area contributed by atoms with E-state index in [0.29, 0.717) is 5.92 Å². The first-order valence-electron chi connectivity index (χ1n) is 17.8. The average molecular weight is 655 g/mol. The Labute approximate surface area is 296 Å². The van der Waals surface area contributed by atoms with Crippen LogP contribution in [-0.4, -0.2) is 8.07 Å². The zero-order valence-electron chi connectivity index (χ0n) is 28.3. The van der Waals surface area contributed by atoms with Crippen LogP contribution in [0, 0.1) is 0 Å². The molecular formula is C49H38Si. The lowest BCUT2D eigenvalue weighted by atomic mass is 9.86. The van der Waals surface area contributed by atoms with Crippen molar-refractivity contribution in [2.45, 2.75) is 19.3 Å². The van der Waals surface area contributed by atoms with Gasteiger partial charge in [-0.05, 0) is 101 Å². The summed E-state index contributed by atoms with van der Waals surface area (Å²) in [7, 11) is -3.03. The van der Waals surface area contributed by atoms with E-state index in [1.54, 1.807) is 0 Å². The van der Waals surface area contributed by atoms with Crippen LogP contribution in [0.3, 0.4) is 0 Å². The van der Waals surface area contributed by atoms with Crippen molar-refractivity contribution in [3.8, 4) is 0 Å². The van der Waals surface area contributed by atoms with E-state index in [1.807, 2.05) is 0 Å². The van der Waals surface area contributed by atoms with E-state index in [0.717, 1.165) is 6.42 Å². The maximum atomic E-state index is 2.50. The molecule has 1 heterocycles. The Balaban J connectivity index is 1.52. The van der Waals surface area contributed by atoms with E-state index >= 15 is 0 Å². The third-order valence-corrected chi connectivity index (χ3v) is 15.7. The van der Waals surface area contributed by atoms with Gasteiger partial charge in [0.1, 0.15) is 0 Å². The molecule has 0 spiro atoms. The van der Waals surface area contributed by atoms with Gasteiger partial charge in [-0.15, -0.1) is 0 Å². The Bertz CT molecular complexity index is 2400. The van der Waals surface area contributed by atoms with E-state index in [9.17, 15) is 0 Å². The van der Waals surface area contributed by atoms with Gasteiger partial charge in [-0.3, -0.25) is 0 Å². The van der Waals surface area contributed by atoms with Crippen molar-refractivity contribution in [2.24, 2.45) is 0 Å². The first-order chi connectivity index (χ1) is 24.7. The summed E-state index contributed by atoms with van der Waals surface area (Å²) < 4.78 is 0. The van der Waals surface area contributed by atoms with Gasteiger partial charge < -0.3 is 0 Å². The van der Waals surface area contributed by atoms with Crippen LogP contribution >= 0.6 is 0 Å². The molecular weight excluding hydrogens is 617 g/mol. The monoisotopic (exact) mass is 654 g/mol. The van der Waals surface area contributed by atoms with Crippen LogP contribution in [-0.2, 0) is 0 Å². The minimum Gasteiger partial charge on any atom is -0.0833 e. The molecule has 0 saturated carbocycles. The molecule has 1 heteroatoms. The third-order valence-electron chi connectivity index (χ3n) is 10.8. The molecule has 0 fully saturated rings. The Morgan fingerprint density at radius 1 is 0.440 bits per heavy atom. The summed E-state index contributed by atoms with van der Waals surface area (Å²) in [4.78, 5) is 0. The van der Waals surface area contributed by atoms with Crippen LogP contribution in [0.15, 0.2) is 188 Å². The van der Waals surface area contributed by atoms with Gasteiger partial charge in [0.05, 0.1) is 0 Å². The van der Waals surface area contributed by atoms with Gasteiger partial charge in [-0.2, -0.15) is 0 Å². The van der Waals surface area contributed by atoms with E-state index in [-0.39, 0.29) is 0 Å². The smallest absolute Gasteiger partial charge is 0.0833 e. The maximum absolute atomic E-state index is 3.03. The van der Waals surface area contributed by atoms with Crippen LogP contribution in [0.2, 0.25) is 0 Å². The Morgan fingerprint density at radius 3 is 1.50 bits per heavy atom. The number of allylic oxidation sites excluding steroid dienone is 3. The molecule has 50 heavy (non-hydrogen) atoms. The second kappa shape index (κ2) is 12.6. The summed E-state index contributed by atoms with van der Waals surface area (Å²) in [6.07, 6.45) is 5.79. The summed E-state index contributed by atoms with van der Waals surface area (Å²) in [6, 6.07) is 68.5. The molecule has 1 atom stereocenters. The normalized spacial score (nSPS) is 16.5. The van der Waals surface area contributed by atoms with Crippen LogP contribution in [0.4, 0.5) is 0 Å². The molecule has 0 amide bonds. The highest BCUT2D eigenvalue weighted by atomic mass is 28.3. The van der Waals surface area contributed by atoms with Gasteiger partial charge in [-0.1, -0.05) is 189 Å². The van der Waals surface area contributed by atoms with Crippen molar-refractivity contribution in [1.29, 1.82) is 0 Å². The Morgan fingerprint density at radius 2 is 0.920 bits per heavy atom. The van der Waals surface area contributed by atoms with Crippen molar-refractivity contribution in [3.05, 3.63) is 221 Å². The number of hydrogen-bond acceptors (Lipinski definition) is 0. The van der Waals surface area contributed by atoms with Crippen LogP contribution in [0.25, 0.3) is 38.4 Å². The number of fused-ring (bicyclic) bond motifs is 2. The van der Waals surface area contributed by atoms with Gasteiger partial charge in [0.15, 0.2) is 8.07 Å². The molecule has 0 aromatic heterocycles. The van der Waals surface area contributed by atoms with Crippen LogP contribution in [0.5, 0.6) is 0 Å². The number of benzene rings is 7. The topological polar surface area (TPSA) is 0 Å². The first kappa shape index (κ1) is 30.3. The highest BCUT2D eigenvalue weighted by Gasteiger charge is 2.53. The molecule has 0 saturated heterocycles. The Kier molecular flexibility index (Phi) is 7.64. The average Bonchev–Trinajstić information content (AvgIpc) is 3.52. The quantitative estimate of drug-likeness (QED) is 0.157. The van der Waals surface area contributed by atoms with E-state index in [1.165, 1.54) is 76.1 Å². The zero-order valence-corrected chi connectivity index (χ0v) is 29.3. The molecule has 9 rings (SSSR count). The highest BCUT2D eigenvalue weighted by Crippen LogP contribution is 2.56. The fourth-order valence-electron chi connectivity index (χ4n) is 8.57. The minimum atomic E-state index is -3.03. The molecule has 7 aromatic rings. The number of rotatable bonds is 6. The molecule has 1 aliphatic carbocycles. The molecule has 0 nitrogen and oxygen atoms in total. The van der Waals surface area contributed by atoms with Crippen LogP contribution < -0.4 is 10.4 Å². The summed E-state index contributed by atoms with van der Waals surface area (Å²) in [6.45, 7) is 2.35. The van der Waals surface area contributed by atoms with Gasteiger partial charge in [0.2, 0.25) is 0 Å². The molecule has 1 aliphatic heterocycles. The SMILES string of the molecule is CC1CC=Cc2cc(C3=C(c4ccccc4)C(c4ccccc4)=C(c4ccc5ccccc5c4)[Si]3(c3ccccc3)c3ccccc3)ccc21.